The number of anilines is 8. The van der Waals surface area contributed by atoms with Crippen LogP contribution in [0.5, 0.6) is 0 Å². The highest BCUT2D eigenvalue weighted by atomic mass is 79.9. The number of thioether (sulfide) groups is 1. The third-order valence-electron chi connectivity index (χ3n) is 21.3. The van der Waals surface area contributed by atoms with Crippen LogP contribution in [0.15, 0.2) is 261 Å². The van der Waals surface area contributed by atoms with E-state index >= 15 is 0 Å². The van der Waals surface area contributed by atoms with Crippen molar-refractivity contribution in [1.29, 1.82) is 21.6 Å². The number of piperidine rings is 1. The van der Waals surface area contributed by atoms with Crippen molar-refractivity contribution in [2.45, 2.75) is 32.1 Å². The third kappa shape index (κ3) is 26.9. The number of hydrogen-bond donors (Lipinski definition) is 12. The number of benzene rings is 8. The largest absolute Gasteiger partial charge is 0.378 e. The van der Waals surface area contributed by atoms with Crippen molar-refractivity contribution in [3.63, 3.8) is 0 Å². The van der Waals surface area contributed by atoms with Gasteiger partial charge in [-0.15, -0.1) is 0 Å². The van der Waals surface area contributed by atoms with Crippen LogP contribution in [-0.4, -0.2) is 187 Å². The van der Waals surface area contributed by atoms with Crippen molar-refractivity contribution in [2.75, 3.05) is 120 Å². The molecule has 12 aromatic rings. The van der Waals surface area contributed by atoms with E-state index in [1.807, 2.05) is 26.5 Å². The van der Waals surface area contributed by atoms with Crippen LogP contribution in [0.1, 0.15) is 137 Å². The highest BCUT2D eigenvalue weighted by Gasteiger charge is 2.28. The van der Waals surface area contributed by atoms with Crippen LogP contribution in [0.2, 0.25) is 0 Å². The number of carbonyl (C=O) groups is 8. The predicted octanol–water partition coefficient (Wildman–Crippen LogP) is 19.2. The van der Waals surface area contributed by atoms with Crippen molar-refractivity contribution in [3.05, 3.63) is 351 Å². The quantitative estimate of drug-likeness (QED) is 0.0192. The minimum atomic E-state index is -0.756. The Hall–Kier alpha value is -14.1. The summed E-state index contributed by atoms with van der Waals surface area (Å²) < 4.78 is 67.6. The lowest BCUT2D eigenvalue weighted by Gasteiger charge is -2.29. The molecular weight excluding hydrogens is 2020 g/mol. The topological polar surface area (TPSA) is 402 Å². The Labute approximate surface area is 810 Å². The molecule has 0 saturated carbocycles. The zero-order valence-electron chi connectivity index (χ0n) is 71.8. The summed E-state index contributed by atoms with van der Waals surface area (Å²) >= 11 is 15.0. The first kappa shape index (κ1) is 98.5. The van der Waals surface area contributed by atoms with Gasteiger partial charge in [0.05, 0.1) is 80.5 Å². The monoisotopic (exact) mass is 2100 g/mol. The highest BCUT2D eigenvalue weighted by molar-refractivity contribution is 9.11. The fourth-order valence-electron chi connectivity index (χ4n) is 14.2. The molecule has 0 aliphatic carbocycles. The molecule has 4 aromatic heterocycles. The first-order valence-electron chi connectivity index (χ1n) is 42.2. The van der Waals surface area contributed by atoms with E-state index in [1.165, 1.54) is 54.6 Å². The number of aromatic nitrogens is 4. The van der Waals surface area contributed by atoms with Crippen molar-refractivity contribution in [2.24, 2.45) is 0 Å². The normalized spacial score (nSPS) is 13.2. The lowest BCUT2D eigenvalue weighted by Crippen LogP contribution is -2.40. The number of pyridine rings is 4. The van der Waals surface area contributed by atoms with Gasteiger partial charge >= 0.3 is 0 Å². The molecule has 4 fully saturated rings. The SMILES string of the molecule is N=C(c1ccc(C(=O)Nc2ccccc2C(=O)Nc2ccc(Br)cn2)c(F)c1)N1CCCC1.N=C(c1ccc(C(=O)Nc2ccccc2C(=O)Nc2ccc(Br)cn2)c(F)c1)N1CCCCC1.N=C(c1ccc(C(=O)Nc2ccccc2C(=O)Nc2ccc(Br)cn2)c(F)c1)N1CCOCC1.N=C(c1ccc(C(=O)Nc2ccccc2C(=O)Nc2ccc(Br)cn2)c(F)c1)N1CCSCC1. The van der Waals surface area contributed by atoms with Gasteiger partial charge in [0.15, 0.2) is 0 Å². The van der Waals surface area contributed by atoms with Gasteiger partial charge in [0.2, 0.25) is 0 Å². The van der Waals surface area contributed by atoms with Gasteiger partial charge in [0.25, 0.3) is 47.3 Å². The summed E-state index contributed by atoms with van der Waals surface area (Å²) in [5.41, 5.74) is 2.73. The number of halogens is 8. The lowest BCUT2D eigenvalue weighted by atomic mass is 10.1. The molecule has 29 nitrogen and oxygen atoms in total. The van der Waals surface area contributed by atoms with Crippen LogP contribution in [0.3, 0.4) is 0 Å². The van der Waals surface area contributed by atoms with E-state index in [1.54, 1.807) is 193 Å². The van der Waals surface area contributed by atoms with Crippen LogP contribution in [0.25, 0.3) is 0 Å². The average Bonchev–Trinajstić information content (AvgIpc) is 0.897. The van der Waals surface area contributed by atoms with Crippen LogP contribution in [0, 0.1) is 44.9 Å². The van der Waals surface area contributed by atoms with E-state index in [0.29, 0.717) is 71.8 Å². The van der Waals surface area contributed by atoms with Gasteiger partial charge in [-0.2, -0.15) is 11.8 Å². The van der Waals surface area contributed by atoms with Gasteiger partial charge in [-0.25, -0.2) is 37.5 Å². The Bertz CT molecular complexity index is 5980. The summed E-state index contributed by atoms with van der Waals surface area (Å²) in [6, 6.07) is 55.8. The summed E-state index contributed by atoms with van der Waals surface area (Å²) in [4.78, 5) is 126. The fourth-order valence-corrected chi connectivity index (χ4v) is 16.0. The maximum atomic E-state index is 14.8. The Morgan fingerprint density at radius 2 is 0.511 bits per heavy atom. The number of para-hydroxylation sites is 4. The van der Waals surface area contributed by atoms with Crippen molar-refractivity contribution < 1.29 is 60.7 Å². The Morgan fingerprint density at radius 1 is 0.281 bits per heavy atom. The molecule has 4 aliphatic rings. The van der Waals surface area contributed by atoms with E-state index in [4.69, 9.17) is 26.4 Å². The van der Waals surface area contributed by atoms with Crippen LogP contribution in [-0.2, 0) is 4.74 Å². The summed E-state index contributed by atoms with van der Waals surface area (Å²) in [6.45, 7) is 6.70. The summed E-state index contributed by atoms with van der Waals surface area (Å²) in [5, 5.41) is 54.5. The van der Waals surface area contributed by atoms with E-state index in [9.17, 15) is 55.9 Å². The van der Waals surface area contributed by atoms with Crippen LogP contribution in [0.4, 0.5) is 63.6 Å². The molecule has 4 saturated heterocycles. The third-order valence-corrected chi connectivity index (χ3v) is 24.1. The number of nitrogens with one attached hydrogen (secondary N) is 12. The molecule has 135 heavy (non-hydrogen) atoms. The van der Waals surface area contributed by atoms with Gasteiger partial charge in [-0.1, -0.05) is 72.8 Å². The Kier molecular flexibility index (Phi) is 34.7. The molecule has 0 atom stereocenters. The number of nitrogens with zero attached hydrogens (tertiary/aromatic N) is 8. The molecule has 8 heterocycles. The number of likely N-dealkylation sites (tertiary alicyclic amines) is 2. The molecule has 690 valence electrons. The number of amides is 8. The summed E-state index contributed by atoms with van der Waals surface area (Å²) in [6.07, 6.45) is 11.4. The van der Waals surface area contributed by atoms with Gasteiger partial charge in [0, 0.05) is 129 Å². The number of ether oxygens (including phenoxy) is 1. The molecular formula is C97H86Br4F4N20O9S. The van der Waals surface area contributed by atoms with Gasteiger partial charge < -0.3 is 66.9 Å². The zero-order chi connectivity index (χ0) is 95.6. The van der Waals surface area contributed by atoms with E-state index in [-0.39, 0.29) is 90.6 Å². The van der Waals surface area contributed by atoms with Crippen molar-refractivity contribution in [3.8, 4) is 0 Å². The standard InChI is InChI=1S/C25H23BrFN5O2.C24H21BrFN5O3.C24H21BrFN5O2S.C24H21BrFN5O2/c26-17-9-11-22(29-15-17)31-25(34)19-6-2-3-7-21(19)30-24(33)18-10-8-16(14-20(18)27)23(28)32-12-4-1-5-13-32;2*25-16-6-8-21(28-14-16)30-24(33)18-3-1-2-4-20(18)29-23(32)17-7-5-15(13-19(17)26)22(27)31-9-11-34-12-10-31;25-16-8-10-21(28-14-16)30-24(33)18-5-1-2-6-20(18)29-23(32)17-9-7-15(13-19(17)26)22(27)31-11-3-4-12-31/h2-3,6-11,14-15,28H,1,4-5,12-13H2,(H,30,33)(H,29,31,34);2*1-8,13-14,27H,9-12H2,(H,29,32)(H,28,30,33);1-2,5-10,13-14,27H,3-4,11-12H2,(H,29,32)(H,28,30,33). The minimum absolute atomic E-state index is 0.167. The van der Waals surface area contributed by atoms with Gasteiger partial charge in [-0.05, 0) is 241 Å². The maximum absolute atomic E-state index is 14.8. The van der Waals surface area contributed by atoms with E-state index < -0.39 is 70.5 Å². The van der Waals surface area contributed by atoms with Crippen LogP contribution >= 0.6 is 75.5 Å². The molecule has 8 amide bonds. The molecule has 4 aliphatic heterocycles. The van der Waals surface area contributed by atoms with Crippen molar-refractivity contribution >= 4 is 192 Å². The smallest absolute Gasteiger partial charge is 0.258 e. The number of rotatable bonds is 20. The number of hydrogen-bond acceptors (Lipinski definition) is 18. The Morgan fingerprint density at radius 3 is 0.756 bits per heavy atom. The summed E-state index contributed by atoms with van der Waals surface area (Å²) in [7, 11) is 0. The molecule has 12 N–H and O–H groups in total. The second-order valence-electron chi connectivity index (χ2n) is 30.4. The zero-order valence-corrected chi connectivity index (χ0v) is 79.0. The maximum Gasteiger partial charge on any atom is 0.258 e. The lowest BCUT2D eigenvalue weighted by molar-refractivity contribution is 0.0679. The first-order valence-corrected chi connectivity index (χ1v) is 46.5. The molecule has 0 radical (unpaired) electrons. The van der Waals surface area contributed by atoms with Crippen molar-refractivity contribution in [1.82, 2.24) is 39.5 Å². The van der Waals surface area contributed by atoms with Crippen LogP contribution < -0.4 is 42.5 Å². The second kappa shape index (κ2) is 47.5. The van der Waals surface area contributed by atoms with E-state index in [0.717, 1.165) is 101 Å². The van der Waals surface area contributed by atoms with E-state index in [2.05, 4.69) is 126 Å². The Balaban J connectivity index is 0.000000152. The molecule has 0 unspecified atom stereocenters. The highest BCUT2D eigenvalue weighted by Crippen LogP contribution is 2.29. The molecule has 0 spiro atoms. The number of carbonyl (C=O) groups excluding carboxylic acids is 8. The molecule has 8 aromatic carbocycles. The number of amidine groups is 4. The summed E-state index contributed by atoms with van der Waals surface area (Å²) in [5.74, 6) is -3.37. The minimum Gasteiger partial charge on any atom is -0.378 e. The molecule has 16 rings (SSSR count). The fraction of sp³-hybridized carbons (Fsp3) is 0.175. The van der Waals surface area contributed by atoms with Gasteiger partial charge in [0.1, 0.15) is 69.9 Å². The molecule has 38 heteroatoms. The predicted molar refractivity (Wildman–Crippen MR) is 528 cm³/mol. The first-order chi connectivity index (χ1) is 65.2. The molecule has 0 bridgehead atoms. The number of morpholine rings is 1. The average molecular weight is 2100 g/mol. The van der Waals surface area contributed by atoms with Gasteiger partial charge in [-0.3, -0.25) is 60.0 Å². The second-order valence-corrected chi connectivity index (χ2v) is 35.3.